The van der Waals surface area contributed by atoms with Gasteiger partial charge in [-0.3, -0.25) is 9.59 Å². The lowest BCUT2D eigenvalue weighted by atomic mass is 10.2. The highest BCUT2D eigenvalue weighted by Crippen LogP contribution is 2.15. The molecular formula is C14H16N2O4S. The van der Waals surface area contributed by atoms with Crippen LogP contribution >= 0.6 is 11.8 Å². The third kappa shape index (κ3) is 7.17. The van der Waals surface area contributed by atoms with E-state index in [2.05, 4.69) is 5.32 Å². The van der Waals surface area contributed by atoms with Crippen LogP contribution in [0.1, 0.15) is 5.56 Å². The lowest BCUT2D eigenvalue weighted by Gasteiger charge is -2.02. The topological polar surface area (TPSA) is 98.5 Å². The Hall–Kier alpha value is -2.28. The molecule has 3 N–H and O–H groups in total. The maximum absolute atomic E-state index is 11.4. The SMILES string of the molecule is CSc1ccc(/C=C/C(=O)OCC(=O)NCC(N)=O)cc1. The molecule has 0 fully saturated rings. The van der Waals surface area contributed by atoms with Gasteiger partial charge in [0.05, 0.1) is 6.54 Å². The number of thioether (sulfide) groups is 1. The molecule has 0 bridgehead atoms. The Labute approximate surface area is 126 Å². The molecule has 0 spiro atoms. The molecule has 0 radical (unpaired) electrons. The van der Waals surface area contributed by atoms with Crippen molar-refractivity contribution in [1.82, 2.24) is 5.32 Å². The van der Waals surface area contributed by atoms with E-state index in [0.717, 1.165) is 10.5 Å². The maximum Gasteiger partial charge on any atom is 0.331 e. The molecule has 0 unspecified atom stereocenters. The Morgan fingerprint density at radius 3 is 2.52 bits per heavy atom. The number of benzene rings is 1. The van der Waals surface area contributed by atoms with E-state index in [0.29, 0.717) is 0 Å². The van der Waals surface area contributed by atoms with Gasteiger partial charge in [-0.2, -0.15) is 0 Å². The normalized spacial score (nSPS) is 10.3. The summed E-state index contributed by atoms with van der Waals surface area (Å²) in [7, 11) is 0. The molecule has 0 saturated heterocycles. The molecule has 2 amide bonds. The van der Waals surface area contributed by atoms with Crippen molar-refractivity contribution in [2.24, 2.45) is 5.73 Å². The molecule has 0 aliphatic heterocycles. The summed E-state index contributed by atoms with van der Waals surface area (Å²) >= 11 is 1.63. The molecule has 1 rings (SSSR count). The number of hydrogen-bond acceptors (Lipinski definition) is 5. The zero-order valence-corrected chi connectivity index (χ0v) is 12.3. The van der Waals surface area contributed by atoms with Crippen LogP contribution in [0.4, 0.5) is 0 Å². The number of carbonyl (C=O) groups is 3. The van der Waals surface area contributed by atoms with Crippen LogP contribution in [0.25, 0.3) is 6.08 Å². The molecule has 112 valence electrons. The second-order valence-corrected chi connectivity index (χ2v) is 4.84. The van der Waals surface area contributed by atoms with Crippen LogP contribution in [0.15, 0.2) is 35.2 Å². The highest BCUT2D eigenvalue weighted by molar-refractivity contribution is 7.98. The first-order chi connectivity index (χ1) is 10.0. The van der Waals surface area contributed by atoms with E-state index in [-0.39, 0.29) is 6.54 Å². The van der Waals surface area contributed by atoms with Crippen molar-refractivity contribution < 1.29 is 19.1 Å². The van der Waals surface area contributed by atoms with Crippen LogP contribution < -0.4 is 11.1 Å². The first-order valence-electron chi connectivity index (χ1n) is 6.05. The lowest BCUT2D eigenvalue weighted by Crippen LogP contribution is -2.35. The van der Waals surface area contributed by atoms with Gasteiger partial charge in [-0.05, 0) is 30.0 Å². The van der Waals surface area contributed by atoms with Gasteiger partial charge in [-0.25, -0.2) is 4.79 Å². The van der Waals surface area contributed by atoms with Crippen LogP contribution in [0.5, 0.6) is 0 Å². The van der Waals surface area contributed by atoms with Gasteiger partial charge in [0, 0.05) is 11.0 Å². The van der Waals surface area contributed by atoms with Crippen molar-refractivity contribution in [1.29, 1.82) is 0 Å². The Kier molecular flexibility index (Phi) is 7.03. The standard InChI is InChI=1S/C14H16N2O4S/c1-21-11-5-2-10(3-6-11)4-7-14(19)20-9-13(18)16-8-12(15)17/h2-7H,8-9H2,1H3,(H2,15,17)(H,16,18)/b7-4+. The van der Waals surface area contributed by atoms with Crippen molar-refractivity contribution in [3.05, 3.63) is 35.9 Å². The first-order valence-corrected chi connectivity index (χ1v) is 7.27. The van der Waals surface area contributed by atoms with Gasteiger partial charge in [0.15, 0.2) is 6.61 Å². The van der Waals surface area contributed by atoms with Crippen LogP contribution in [-0.4, -0.2) is 37.2 Å². The summed E-state index contributed by atoms with van der Waals surface area (Å²) < 4.78 is 4.71. The Morgan fingerprint density at radius 2 is 1.95 bits per heavy atom. The van der Waals surface area contributed by atoms with E-state index in [1.807, 2.05) is 30.5 Å². The third-order valence-corrected chi connectivity index (χ3v) is 3.08. The number of nitrogens with two attached hydrogens (primary N) is 1. The number of carbonyl (C=O) groups excluding carboxylic acids is 3. The number of ether oxygens (including phenoxy) is 1. The fourth-order valence-electron chi connectivity index (χ4n) is 1.30. The van der Waals surface area contributed by atoms with Gasteiger partial charge in [0.1, 0.15) is 0 Å². The number of rotatable bonds is 7. The lowest BCUT2D eigenvalue weighted by molar-refractivity contribution is -0.143. The second kappa shape index (κ2) is 8.80. The molecular weight excluding hydrogens is 292 g/mol. The van der Waals surface area contributed by atoms with Gasteiger partial charge in [0.2, 0.25) is 5.91 Å². The summed E-state index contributed by atoms with van der Waals surface area (Å²) in [6, 6.07) is 7.62. The van der Waals surface area contributed by atoms with Crippen LogP contribution in [-0.2, 0) is 19.1 Å². The van der Waals surface area contributed by atoms with E-state index in [1.54, 1.807) is 17.8 Å². The first kappa shape index (κ1) is 16.8. The third-order valence-electron chi connectivity index (χ3n) is 2.33. The number of amides is 2. The van der Waals surface area contributed by atoms with Gasteiger partial charge in [-0.1, -0.05) is 12.1 Å². The molecule has 7 heteroatoms. The van der Waals surface area contributed by atoms with Gasteiger partial charge < -0.3 is 15.8 Å². The minimum atomic E-state index is -0.664. The Bertz CT molecular complexity index is 540. The predicted octanol–water partition coefficient (Wildman–Crippen LogP) is 0.566. The minimum Gasteiger partial charge on any atom is -0.452 e. The quantitative estimate of drug-likeness (QED) is 0.436. The molecule has 21 heavy (non-hydrogen) atoms. The van der Waals surface area contributed by atoms with Gasteiger partial charge in [0.25, 0.3) is 5.91 Å². The number of hydrogen-bond donors (Lipinski definition) is 2. The van der Waals surface area contributed by atoms with Crippen molar-refractivity contribution in [3.63, 3.8) is 0 Å². The second-order valence-electron chi connectivity index (χ2n) is 3.96. The van der Waals surface area contributed by atoms with Gasteiger partial charge in [-0.15, -0.1) is 11.8 Å². The minimum absolute atomic E-state index is 0.284. The van der Waals surface area contributed by atoms with Crippen molar-refractivity contribution in [2.75, 3.05) is 19.4 Å². The summed E-state index contributed by atoms with van der Waals surface area (Å²) in [4.78, 5) is 34.1. The van der Waals surface area contributed by atoms with E-state index in [4.69, 9.17) is 10.5 Å². The molecule has 0 atom stereocenters. The average molecular weight is 308 g/mol. The average Bonchev–Trinajstić information content (AvgIpc) is 2.49. The number of esters is 1. The molecule has 0 aliphatic rings. The fraction of sp³-hybridized carbons (Fsp3) is 0.214. The monoisotopic (exact) mass is 308 g/mol. The van der Waals surface area contributed by atoms with Crippen LogP contribution in [0, 0.1) is 0 Å². The Balaban J connectivity index is 2.36. The molecule has 0 aliphatic carbocycles. The zero-order valence-electron chi connectivity index (χ0n) is 11.5. The summed E-state index contributed by atoms with van der Waals surface area (Å²) in [5, 5.41) is 2.21. The molecule has 1 aromatic carbocycles. The molecule has 0 aromatic heterocycles. The maximum atomic E-state index is 11.4. The van der Waals surface area contributed by atoms with E-state index < -0.39 is 24.4 Å². The zero-order chi connectivity index (χ0) is 15.7. The number of primary amides is 1. The molecule has 6 nitrogen and oxygen atoms in total. The molecule has 0 saturated carbocycles. The van der Waals surface area contributed by atoms with Crippen molar-refractivity contribution in [2.45, 2.75) is 4.90 Å². The van der Waals surface area contributed by atoms with E-state index in [9.17, 15) is 14.4 Å². The molecule has 0 heterocycles. The Morgan fingerprint density at radius 1 is 1.29 bits per heavy atom. The highest BCUT2D eigenvalue weighted by Gasteiger charge is 2.05. The highest BCUT2D eigenvalue weighted by atomic mass is 32.2. The summed E-state index contributed by atoms with van der Waals surface area (Å²) in [6.45, 7) is -0.740. The summed E-state index contributed by atoms with van der Waals surface area (Å²) in [5.41, 5.74) is 5.71. The van der Waals surface area contributed by atoms with Crippen molar-refractivity contribution in [3.8, 4) is 0 Å². The summed E-state index contributed by atoms with van der Waals surface area (Å²) in [5.74, 6) is -1.89. The summed E-state index contributed by atoms with van der Waals surface area (Å²) in [6.07, 6.45) is 4.80. The van der Waals surface area contributed by atoms with Crippen LogP contribution in [0.3, 0.4) is 0 Å². The van der Waals surface area contributed by atoms with E-state index in [1.165, 1.54) is 6.08 Å². The van der Waals surface area contributed by atoms with Crippen molar-refractivity contribution >= 4 is 35.6 Å². The predicted molar refractivity (Wildman–Crippen MR) is 80.4 cm³/mol. The molecule has 1 aromatic rings. The van der Waals surface area contributed by atoms with Gasteiger partial charge >= 0.3 is 5.97 Å². The van der Waals surface area contributed by atoms with Crippen LogP contribution in [0.2, 0.25) is 0 Å². The fourth-order valence-corrected chi connectivity index (χ4v) is 1.71. The largest absolute Gasteiger partial charge is 0.452 e. The smallest absolute Gasteiger partial charge is 0.331 e. The van der Waals surface area contributed by atoms with E-state index >= 15 is 0 Å². The number of nitrogens with one attached hydrogen (secondary N) is 1.